The van der Waals surface area contributed by atoms with Crippen LogP contribution in [-0.2, 0) is 6.42 Å². The summed E-state index contributed by atoms with van der Waals surface area (Å²) in [6.07, 6.45) is 0.851. The lowest BCUT2D eigenvalue weighted by Crippen LogP contribution is -2.05. The number of aryl methyl sites for hydroxylation is 3. The monoisotopic (exact) mass is 433 g/mol. The molecule has 3 nitrogen and oxygen atoms in total. The Labute approximate surface area is 193 Å². The van der Waals surface area contributed by atoms with E-state index in [4.69, 9.17) is 13.9 Å². The third-order valence-corrected chi connectivity index (χ3v) is 5.23. The van der Waals surface area contributed by atoms with E-state index in [9.17, 15) is 0 Å². The molecule has 3 heteroatoms. The maximum absolute atomic E-state index is 6.07. The molecule has 3 aromatic rings. The highest BCUT2D eigenvalue weighted by atomic mass is 16.5. The summed E-state index contributed by atoms with van der Waals surface area (Å²) in [6, 6.07) is 17.0. The van der Waals surface area contributed by atoms with Gasteiger partial charge in [0.15, 0.2) is 0 Å². The molecular formula is C29H37O3+. The minimum absolute atomic E-state index is 0.503. The Morgan fingerprint density at radius 2 is 1.28 bits per heavy atom. The second-order valence-electron chi connectivity index (χ2n) is 9.61. The summed E-state index contributed by atoms with van der Waals surface area (Å²) in [5.74, 6) is 4.71. The summed E-state index contributed by atoms with van der Waals surface area (Å²) in [5, 5.41) is 0. The maximum Gasteiger partial charge on any atom is 0.360 e. The highest BCUT2D eigenvalue weighted by molar-refractivity contribution is 5.61. The average Bonchev–Trinajstić information content (AvgIpc) is 2.71. The van der Waals surface area contributed by atoms with Crippen molar-refractivity contribution in [1.29, 1.82) is 0 Å². The van der Waals surface area contributed by atoms with Crippen molar-refractivity contribution in [2.75, 3.05) is 13.2 Å². The van der Waals surface area contributed by atoms with E-state index in [0.717, 1.165) is 53.8 Å². The van der Waals surface area contributed by atoms with E-state index in [2.05, 4.69) is 84.0 Å². The number of rotatable bonds is 9. The van der Waals surface area contributed by atoms with Gasteiger partial charge in [0.2, 0.25) is 0 Å². The van der Waals surface area contributed by atoms with E-state index in [1.165, 1.54) is 16.7 Å². The van der Waals surface area contributed by atoms with Gasteiger partial charge in [0.05, 0.1) is 25.7 Å². The van der Waals surface area contributed by atoms with Crippen molar-refractivity contribution < 1.29 is 13.9 Å². The molecule has 2 aromatic carbocycles. The van der Waals surface area contributed by atoms with E-state index in [0.29, 0.717) is 11.8 Å². The summed E-state index contributed by atoms with van der Waals surface area (Å²) >= 11 is 0. The predicted octanol–water partition coefficient (Wildman–Crippen LogP) is 7.81. The van der Waals surface area contributed by atoms with Gasteiger partial charge >= 0.3 is 11.5 Å². The van der Waals surface area contributed by atoms with Crippen LogP contribution >= 0.6 is 0 Å². The molecule has 3 rings (SSSR count). The fourth-order valence-corrected chi connectivity index (χ4v) is 3.64. The molecule has 170 valence electrons. The van der Waals surface area contributed by atoms with E-state index in [-0.39, 0.29) is 0 Å². The Balaban J connectivity index is 1.79. The van der Waals surface area contributed by atoms with Crippen molar-refractivity contribution in [1.82, 2.24) is 0 Å². The van der Waals surface area contributed by atoms with Crippen LogP contribution in [0, 0.1) is 32.6 Å². The molecule has 0 aliphatic carbocycles. The molecule has 0 N–H and O–H groups in total. The lowest BCUT2D eigenvalue weighted by molar-refractivity contribution is 0.269. The van der Waals surface area contributed by atoms with Crippen molar-refractivity contribution in [3.05, 3.63) is 76.5 Å². The van der Waals surface area contributed by atoms with Gasteiger partial charge in [-0.25, -0.2) is 4.42 Å². The topological polar surface area (TPSA) is 29.8 Å². The van der Waals surface area contributed by atoms with Crippen LogP contribution in [0.1, 0.15) is 55.7 Å². The highest BCUT2D eigenvalue weighted by Gasteiger charge is 2.17. The smallest absolute Gasteiger partial charge is 0.360 e. The molecule has 1 heterocycles. The average molecular weight is 434 g/mol. The molecule has 1 aromatic heterocycles. The van der Waals surface area contributed by atoms with E-state index >= 15 is 0 Å². The zero-order valence-electron chi connectivity index (χ0n) is 20.6. The van der Waals surface area contributed by atoms with E-state index in [1.54, 1.807) is 0 Å². The summed E-state index contributed by atoms with van der Waals surface area (Å²) < 4.78 is 17.9. The lowest BCUT2D eigenvalue weighted by Gasteiger charge is -2.12. The first-order valence-electron chi connectivity index (χ1n) is 11.6. The van der Waals surface area contributed by atoms with Gasteiger partial charge < -0.3 is 9.47 Å². The van der Waals surface area contributed by atoms with E-state index < -0.39 is 0 Å². The quantitative estimate of drug-likeness (QED) is 0.322. The second kappa shape index (κ2) is 10.7. The third-order valence-electron chi connectivity index (χ3n) is 5.23. The molecule has 0 fully saturated rings. The number of ether oxygens (including phenoxy) is 2. The first kappa shape index (κ1) is 23.8. The van der Waals surface area contributed by atoms with Crippen LogP contribution in [0.15, 0.2) is 52.9 Å². The van der Waals surface area contributed by atoms with Crippen molar-refractivity contribution >= 4 is 0 Å². The molecule has 0 saturated heterocycles. The largest absolute Gasteiger partial charge is 0.493 e. The van der Waals surface area contributed by atoms with Crippen LogP contribution in [-0.4, -0.2) is 13.2 Å². The summed E-state index contributed by atoms with van der Waals surface area (Å²) in [4.78, 5) is 0. The molecule has 0 radical (unpaired) electrons. The molecule has 0 atom stereocenters. The van der Waals surface area contributed by atoms with Gasteiger partial charge in [-0.3, -0.25) is 0 Å². The van der Waals surface area contributed by atoms with Crippen molar-refractivity contribution in [3.63, 3.8) is 0 Å². The van der Waals surface area contributed by atoms with Gasteiger partial charge in [0.1, 0.15) is 11.5 Å². The molecular weight excluding hydrogens is 396 g/mol. The minimum Gasteiger partial charge on any atom is -0.493 e. The van der Waals surface area contributed by atoms with Gasteiger partial charge in [-0.05, 0) is 78.6 Å². The summed E-state index contributed by atoms with van der Waals surface area (Å²) in [6.45, 7) is 16.3. The Bertz CT molecular complexity index is 1050. The zero-order valence-corrected chi connectivity index (χ0v) is 20.6. The first-order valence-corrected chi connectivity index (χ1v) is 11.6. The van der Waals surface area contributed by atoms with Crippen LogP contribution in [0.4, 0.5) is 0 Å². The number of benzene rings is 2. The maximum atomic E-state index is 6.07. The molecule has 0 bridgehead atoms. The standard InChI is InChI=1S/C29H37O3/c1-19(2)17-30-27-10-8-24(12-21(27)5)15-25-14-23(7)32-29(16-25)26-9-11-28(22(6)13-26)31-18-20(3)4/h8-14,16,19-20H,15,17-18H2,1-7H3/q+1. The molecule has 0 saturated carbocycles. The van der Waals surface area contributed by atoms with Crippen molar-refractivity contribution in [2.24, 2.45) is 11.8 Å². The molecule has 0 amide bonds. The lowest BCUT2D eigenvalue weighted by atomic mass is 10.0. The summed E-state index contributed by atoms with van der Waals surface area (Å²) in [7, 11) is 0. The van der Waals surface area contributed by atoms with Gasteiger partial charge in [-0.2, -0.15) is 0 Å². The van der Waals surface area contributed by atoms with Crippen LogP contribution in [0.2, 0.25) is 0 Å². The van der Waals surface area contributed by atoms with E-state index in [1.807, 2.05) is 13.0 Å². The van der Waals surface area contributed by atoms with Crippen LogP contribution < -0.4 is 9.47 Å². The van der Waals surface area contributed by atoms with Crippen LogP contribution in [0.25, 0.3) is 11.3 Å². The fraction of sp³-hybridized carbons (Fsp3) is 0.414. The molecule has 32 heavy (non-hydrogen) atoms. The SMILES string of the molecule is Cc1cc(Cc2ccc(OCC(C)C)c(C)c2)cc(-c2ccc(OCC(C)C)c(C)c2)[o+]1. The number of hydrogen-bond acceptors (Lipinski definition) is 2. The predicted molar refractivity (Wildman–Crippen MR) is 133 cm³/mol. The normalized spacial score (nSPS) is 11.3. The van der Waals surface area contributed by atoms with Gasteiger partial charge in [-0.15, -0.1) is 0 Å². The zero-order chi connectivity index (χ0) is 23.3. The van der Waals surface area contributed by atoms with Crippen LogP contribution in [0.5, 0.6) is 11.5 Å². The summed E-state index contributed by atoms with van der Waals surface area (Å²) in [5.41, 5.74) is 5.86. The first-order chi connectivity index (χ1) is 15.2. The fourth-order valence-electron chi connectivity index (χ4n) is 3.64. The molecule has 0 unspecified atom stereocenters. The van der Waals surface area contributed by atoms with Gasteiger partial charge in [-0.1, -0.05) is 39.8 Å². The molecule has 0 aliphatic rings. The van der Waals surface area contributed by atoms with Gasteiger partial charge in [0, 0.05) is 12.1 Å². The Hall–Kier alpha value is -2.81. The molecule has 0 spiro atoms. The highest BCUT2D eigenvalue weighted by Crippen LogP contribution is 2.29. The second-order valence-corrected chi connectivity index (χ2v) is 9.61. The Morgan fingerprint density at radius 3 is 1.84 bits per heavy atom. The van der Waals surface area contributed by atoms with Gasteiger partial charge in [0.25, 0.3) is 0 Å². The van der Waals surface area contributed by atoms with Crippen molar-refractivity contribution in [3.8, 4) is 22.8 Å². The molecule has 0 aliphatic heterocycles. The minimum atomic E-state index is 0.503. The van der Waals surface area contributed by atoms with Crippen molar-refractivity contribution in [2.45, 2.75) is 54.9 Å². The number of hydrogen-bond donors (Lipinski definition) is 0. The Morgan fingerprint density at radius 1 is 0.688 bits per heavy atom. The third kappa shape index (κ3) is 6.59. The van der Waals surface area contributed by atoms with Crippen LogP contribution in [0.3, 0.4) is 0 Å². The Kier molecular flexibility index (Phi) is 7.95.